The number of nitrogens with one attached hydrogen (secondary N) is 1. The predicted octanol–water partition coefficient (Wildman–Crippen LogP) is 4.57. The van der Waals surface area contributed by atoms with Crippen LogP contribution in [-0.2, 0) is 11.4 Å². The van der Waals surface area contributed by atoms with E-state index in [2.05, 4.69) is 26.5 Å². The summed E-state index contributed by atoms with van der Waals surface area (Å²) in [6.07, 6.45) is 1.51. The zero-order chi connectivity index (χ0) is 21.2. The van der Waals surface area contributed by atoms with Crippen molar-refractivity contribution in [3.63, 3.8) is 0 Å². The average molecular weight is 469 g/mol. The Kier molecular flexibility index (Phi) is 7.86. The van der Waals surface area contributed by atoms with Crippen LogP contribution in [0.4, 0.5) is 0 Å². The van der Waals surface area contributed by atoms with Crippen molar-refractivity contribution in [2.45, 2.75) is 6.61 Å². The normalized spacial score (nSPS) is 10.6. The molecule has 0 aliphatic rings. The highest BCUT2D eigenvalue weighted by Crippen LogP contribution is 2.24. The van der Waals surface area contributed by atoms with Crippen LogP contribution in [0.1, 0.15) is 11.1 Å². The molecular weight excluding hydrogens is 448 g/mol. The highest BCUT2D eigenvalue weighted by Gasteiger charge is 2.06. The van der Waals surface area contributed by atoms with Crippen LogP contribution >= 0.6 is 15.9 Å². The summed E-state index contributed by atoms with van der Waals surface area (Å²) in [5.41, 5.74) is 4.15. The van der Waals surface area contributed by atoms with E-state index >= 15 is 0 Å². The van der Waals surface area contributed by atoms with E-state index in [1.807, 2.05) is 42.5 Å². The van der Waals surface area contributed by atoms with Crippen molar-refractivity contribution in [2.75, 3.05) is 13.7 Å². The SMILES string of the molecule is COc1ccc(OCc2cccc(Br)c2)c(/C=N/NC(=O)COc2ccccc2)c1. The van der Waals surface area contributed by atoms with Crippen LogP contribution < -0.4 is 19.6 Å². The molecule has 0 unspecified atom stereocenters. The quantitative estimate of drug-likeness (QED) is 0.369. The molecule has 154 valence electrons. The molecule has 0 aliphatic heterocycles. The van der Waals surface area contributed by atoms with Gasteiger partial charge in [0.1, 0.15) is 23.9 Å². The van der Waals surface area contributed by atoms with Crippen LogP contribution in [0.5, 0.6) is 17.2 Å². The highest BCUT2D eigenvalue weighted by atomic mass is 79.9. The third-order valence-electron chi connectivity index (χ3n) is 4.01. The number of hydrogen-bond donors (Lipinski definition) is 1. The average Bonchev–Trinajstić information content (AvgIpc) is 2.77. The van der Waals surface area contributed by atoms with Crippen molar-refractivity contribution in [1.29, 1.82) is 0 Å². The minimum Gasteiger partial charge on any atom is -0.497 e. The number of amides is 1. The summed E-state index contributed by atoms with van der Waals surface area (Å²) in [5, 5.41) is 4.01. The zero-order valence-corrected chi connectivity index (χ0v) is 18.0. The topological polar surface area (TPSA) is 69.2 Å². The highest BCUT2D eigenvalue weighted by molar-refractivity contribution is 9.10. The van der Waals surface area contributed by atoms with Gasteiger partial charge in [0.05, 0.1) is 13.3 Å². The number of benzene rings is 3. The summed E-state index contributed by atoms with van der Waals surface area (Å²) in [6, 6.07) is 22.4. The van der Waals surface area contributed by atoms with Crippen LogP contribution in [0.25, 0.3) is 0 Å². The number of hydrogen-bond acceptors (Lipinski definition) is 5. The largest absolute Gasteiger partial charge is 0.497 e. The third kappa shape index (κ3) is 6.63. The lowest BCUT2D eigenvalue weighted by Gasteiger charge is -2.11. The van der Waals surface area contributed by atoms with Crippen molar-refractivity contribution in [2.24, 2.45) is 5.10 Å². The smallest absolute Gasteiger partial charge is 0.277 e. The van der Waals surface area contributed by atoms with Gasteiger partial charge in [-0.3, -0.25) is 4.79 Å². The van der Waals surface area contributed by atoms with E-state index in [0.29, 0.717) is 29.4 Å². The molecule has 3 aromatic carbocycles. The Balaban J connectivity index is 1.60. The molecule has 6 nitrogen and oxygen atoms in total. The fourth-order valence-corrected chi connectivity index (χ4v) is 2.99. The lowest BCUT2D eigenvalue weighted by Crippen LogP contribution is -2.24. The molecule has 0 saturated heterocycles. The molecule has 0 saturated carbocycles. The standard InChI is InChI=1S/C23H21BrN2O4/c1-28-21-10-11-22(30-15-17-6-5-7-19(24)12-17)18(13-21)14-25-26-23(27)16-29-20-8-3-2-4-9-20/h2-14H,15-16H2,1H3,(H,26,27)/b25-14+. The maximum Gasteiger partial charge on any atom is 0.277 e. The van der Waals surface area contributed by atoms with Crippen molar-refractivity contribution < 1.29 is 19.0 Å². The molecule has 0 radical (unpaired) electrons. The molecule has 0 aliphatic carbocycles. The van der Waals surface area contributed by atoms with Gasteiger partial charge in [-0.15, -0.1) is 0 Å². The summed E-state index contributed by atoms with van der Waals surface area (Å²) < 4.78 is 17.6. The number of hydrazone groups is 1. The monoisotopic (exact) mass is 468 g/mol. The van der Waals surface area contributed by atoms with Crippen molar-refractivity contribution >= 4 is 28.1 Å². The van der Waals surface area contributed by atoms with Gasteiger partial charge in [-0.05, 0) is 48.0 Å². The van der Waals surface area contributed by atoms with Gasteiger partial charge < -0.3 is 14.2 Å². The van der Waals surface area contributed by atoms with Crippen LogP contribution in [0.15, 0.2) is 82.4 Å². The number of rotatable bonds is 9. The van der Waals surface area contributed by atoms with Gasteiger partial charge in [0.25, 0.3) is 5.91 Å². The van der Waals surface area contributed by atoms with Crippen LogP contribution in [0.3, 0.4) is 0 Å². The molecular formula is C23H21BrN2O4. The molecule has 0 fully saturated rings. The third-order valence-corrected chi connectivity index (χ3v) is 4.50. The van der Waals surface area contributed by atoms with Gasteiger partial charge in [0, 0.05) is 10.0 Å². The first kappa shape index (κ1) is 21.4. The molecule has 3 aromatic rings. The number of carbonyl (C=O) groups excluding carboxylic acids is 1. The van der Waals surface area contributed by atoms with E-state index in [0.717, 1.165) is 10.0 Å². The van der Waals surface area contributed by atoms with Gasteiger partial charge in [0.2, 0.25) is 0 Å². The number of nitrogens with zero attached hydrogens (tertiary/aromatic N) is 1. The molecule has 7 heteroatoms. The Morgan fingerprint density at radius 2 is 1.83 bits per heavy atom. The van der Waals surface area contributed by atoms with Crippen LogP contribution in [-0.4, -0.2) is 25.8 Å². The minimum atomic E-state index is -0.366. The van der Waals surface area contributed by atoms with Crippen LogP contribution in [0, 0.1) is 0 Å². The summed E-state index contributed by atoms with van der Waals surface area (Å²) in [6.45, 7) is 0.260. The van der Waals surface area contributed by atoms with Gasteiger partial charge in [-0.25, -0.2) is 5.43 Å². The fourth-order valence-electron chi connectivity index (χ4n) is 2.55. The number of methoxy groups -OCH3 is 1. The first-order valence-electron chi connectivity index (χ1n) is 9.19. The summed E-state index contributed by atoms with van der Waals surface area (Å²) in [5.74, 6) is 1.53. The number of halogens is 1. The first-order valence-corrected chi connectivity index (χ1v) is 9.98. The molecule has 0 aromatic heterocycles. The van der Waals surface area contributed by atoms with E-state index in [1.165, 1.54) is 6.21 Å². The molecule has 1 N–H and O–H groups in total. The van der Waals surface area contributed by atoms with Gasteiger partial charge in [0.15, 0.2) is 6.61 Å². The lowest BCUT2D eigenvalue weighted by atomic mass is 10.2. The van der Waals surface area contributed by atoms with Gasteiger partial charge in [-0.2, -0.15) is 5.10 Å². The van der Waals surface area contributed by atoms with Crippen LogP contribution in [0.2, 0.25) is 0 Å². The second-order valence-electron chi connectivity index (χ2n) is 6.22. The molecule has 3 rings (SSSR count). The van der Waals surface area contributed by atoms with Gasteiger partial charge in [-0.1, -0.05) is 46.3 Å². The fraction of sp³-hybridized carbons (Fsp3) is 0.130. The van der Waals surface area contributed by atoms with Gasteiger partial charge >= 0.3 is 0 Å². The molecule has 30 heavy (non-hydrogen) atoms. The van der Waals surface area contributed by atoms with E-state index in [9.17, 15) is 4.79 Å². The predicted molar refractivity (Wildman–Crippen MR) is 119 cm³/mol. The molecule has 0 bridgehead atoms. The maximum atomic E-state index is 11.9. The summed E-state index contributed by atoms with van der Waals surface area (Å²) >= 11 is 3.45. The van der Waals surface area contributed by atoms with E-state index < -0.39 is 0 Å². The Labute approximate surface area is 183 Å². The summed E-state index contributed by atoms with van der Waals surface area (Å²) in [4.78, 5) is 11.9. The second kappa shape index (κ2) is 11.0. The Bertz CT molecular complexity index is 1010. The van der Waals surface area contributed by atoms with E-state index in [1.54, 1.807) is 37.4 Å². The maximum absolute atomic E-state index is 11.9. The molecule has 0 spiro atoms. The Morgan fingerprint density at radius 3 is 2.60 bits per heavy atom. The van der Waals surface area contributed by atoms with E-state index in [4.69, 9.17) is 14.2 Å². The Morgan fingerprint density at radius 1 is 1.00 bits per heavy atom. The minimum absolute atomic E-state index is 0.133. The van der Waals surface area contributed by atoms with Crippen molar-refractivity contribution in [3.05, 3.63) is 88.4 Å². The molecule has 0 atom stereocenters. The second-order valence-corrected chi connectivity index (χ2v) is 7.13. The number of ether oxygens (including phenoxy) is 3. The lowest BCUT2D eigenvalue weighted by molar-refractivity contribution is -0.123. The van der Waals surface area contributed by atoms with Crippen molar-refractivity contribution in [3.8, 4) is 17.2 Å². The van der Waals surface area contributed by atoms with E-state index in [-0.39, 0.29) is 12.5 Å². The number of para-hydroxylation sites is 1. The first-order chi connectivity index (χ1) is 14.6. The molecule has 1 amide bonds. The number of carbonyl (C=O) groups is 1. The van der Waals surface area contributed by atoms with Crippen molar-refractivity contribution in [1.82, 2.24) is 5.43 Å². The summed E-state index contributed by atoms with van der Waals surface area (Å²) in [7, 11) is 1.58. The molecule has 0 heterocycles. The zero-order valence-electron chi connectivity index (χ0n) is 16.4. The Hall–Kier alpha value is -3.32.